The first-order valence-electron chi connectivity index (χ1n) is 25.9. The van der Waals surface area contributed by atoms with Gasteiger partial charge in [-0.05, 0) is 139 Å². The number of nitrogens with zero attached hydrogens (tertiary/aromatic N) is 6. The highest BCUT2D eigenvalue weighted by Gasteiger charge is 2.52. The molecule has 0 atom stereocenters. The number of carbonyl (C=O) groups excluding carboxylic acids is 1. The van der Waals surface area contributed by atoms with Crippen LogP contribution in [0.15, 0.2) is 128 Å². The second kappa shape index (κ2) is 27.4. The summed E-state index contributed by atoms with van der Waals surface area (Å²) in [6.45, 7) is 14.9. The van der Waals surface area contributed by atoms with Gasteiger partial charge in [0.25, 0.3) is 0 Å². The number of fused-ring (bicyclic) bond motifs is 3. The lowest BCUT2D eigenvalue weighted by atomic mass is 9.75. The molecule has 25 heteroatoms. The van der Waals surface area contributed by atoms with Crippen LogP contribution in [0.1, 0.15) is 72.1 Å². The Balaban J connectivity index is 0.000000179. The molecule has 10 rings (SSSR count). The third-order valence-corrected chi connectivity index (χ3v) is 13.3. The van der Waals surface area contributed by atoms with Crippen LogP contribution >= 0.6 is 11.6 Å². The zero-order valence-electron chi connectivity index (χ0n) is 47.9. The van der Waals surface area contributed by atoms with Crippen LogP contribution in [0.25, 0.3) is 39.1 Å². The van der Waals surface area contributed by atoms with Crippen LogP contribution in [0.3, 0.4) is 0 Å². The fourth-order valence-electron chi connectivity index (χ4n) is 8.20. The van der Waals surface area contributed by atoms with E-state index in [0.29, 0.717) is 39.4 Å². The normalized spacial score (nSPS) is 13.3. The highest BCUT2D eigenvalue weighted by molar-refractivity contribution is 6.62. The van der Waals surface area contributed by atoms with E-state index >= 15 is 0 Å². The van der Waals surface area contributed by atoms with Gasteiger partial charge in [0, 0.05) is 65.6 Å². The van der Waals surface area contributed by atoms with Crippen LogP contribution in [0.2, 0.25) is 5.15 Å². The maximum Gasteiger partial charge on any atom is 0.495 e. The predicted octanol–water partition coefficient (Wildman–Crippen LogP) is 12.1. The summed E-state index contributed by atoms with van der Waals surface area (Å²) in [6, 6.07) is 33.2. The van der Waals surface area contributed by atoms with Crippen LogP contribution in [-0.2, 0) is 38.4 Å². The Morgan fingerprint density at radius 2 is 1.06 bits per heavy atom. The lowest BCUT2D eigenvalue weighted by Crippen LogP contribution is -2.41. The van der Waals surface area contributed by atoms with Gasteiger partial charge in [-0.1, -0.05) is 42.8 Å². The van der Waals surface area contributed by atoms with E-state index in [-0.39, 0.29) is 41.7 Å². The lowest BCUT2D eigenvalue weighted by molar-refractivity contribution is -0.192. The summed E-state index contributed by atoms with van der Waals surface area (Å²) in [6.07, 6.45) is 0.461. The molecule has 9 aromatic rings. The minimum absolute atomic E-state index is 0.0799. The van der Waals surface area contributed by atoms with E-state index < -0.39 is 53.8 Å². The smallest absolute Gasteiger partial charge is 0.494 e. The van der Waals surface area contributed by atoms with Crippen molar-refractivity contribution in [3.05, 3.63) is 167 Å². The number of hydrogen-bond acceptors (Lipinski definition) is 12. The number of alkyl halides is 3. The number of halogens is 7. The number of amides is 1. The number of carbonyl (C=O) groups is 2. The number of aromatic nitrogens is 6. The van der Waals surface area contributed by atoms with Gasteiger partial charge in [-0.15, -0.1) is 0 Å². The van der Waals surface area contributed by atoms with Gasteiger partial charge >= 0.3 is 25.4 Å². The average molecular weight is 1190 g/mol. The number of ether oxygens (including phenoxy) is 4. The Bertz CT molecular complexity index is 3490. The standard InChI is InChI=1S/C19H29BFNO5.C16H15FN2O.C15H14FN3O.C7H5ClN2.C2HF3O2/c1-17(2,3)25-16(23)22-11-12-13(9-10-14(24-8)15(12)21)20-26-18(4,5)19(6,7)27-20;1-3-12-13(7-8-15(20-2)16(12)17)14-10-11-6-4-5-9-19(11)18-14;1-20-14-6-5-11(12(9-17)15(14)16)13-8-10-4-2-3-7-19(10)18-13;8-7-5-6-3-1-2-4-10(6)9-7;3-2(4,5)1(6)7/h9-10H,11H2,1-8H3,(H,22,23);4-10H,3H2,1-2H3;2-8H,9,17H2,1H3;1-5H;(H,6,7). The number of carboxylic acids is 1. The molecule has 84 heavy (non-hydrogen) atoms. The number of benzene rings is 3. The summed E-state index contributed by atoms with van der Waals surface area (Å²) < 4.78 is 113. The number of rotatable bonds is 10. The Labute approximate surface area is 486 Å². The Morgan fingerprint density at radius 3 is 1.45 bits per heavy atom. The molecule has 0 spiro atoms. The van der Waals surface area contributed by atoms with Gasteiger partial charge in [0.2, 0.25) is 0 Å². The van der Waals surface area contributed by atoms with E-state index in [0.717, 1.165) is 27.8 Å². The first-order chi connectivity index (χ1) is 39.6. The monoisotopic (exact) mass is 1190 g/mol. The molecule has 1 fully saturated rings. The summed E-state index contributed by atoms with van der Waals surface area (Å²) in [4.78, 5) is 20.9. The van der Waals surface area contributed by atoms with Crippen molar-refractivity contribution in [3.8, 4) is 39.8 Å². The van der Waals surface area contributed by atoms with Crippen LogP contribution in [-0.4, -0.2) is 97.4 Å². The van der Waals surface area contributed by atoms with Gasteiger partial charge in [-0.25, -0.2) is 36.3 Å². The molecule has 4 N–H and O–H groups in total. The van der Waals surface area contributed by atoms with Crippen molar-refractivity contribution in [1.82, 2.24) is 34.2 Å². The van der Waals surface area contributed by atoms with E-state index in [1.807, 2.05) is 132 Å². The molecular weight excluding hydrogens is 1120 g/mol. The summed E-state index contributed by atoms with van der Waals surface area (Å²) in [5, 5.41) is 23.2. The number of pyridine rings is 3. The van der Waals surface area contributed by atoms with Crippen molar-refractivity contribution in [2.75, 3.05) is 21.3 Å². The molecule has 17 nitrogen and oxygen atoms in total. The largest absolute Gasteiger partial charge is 0.495 e. The van der Waals surface area contributed by atoms with Gasteiger partial charge in [0.15, 0.2) is 39.9 Å². The van der Waals surface area contributed by atoms with Crippen LogP contribution < -0.4 is 30.7 Å². The number of carboxylic acid groups (broad SMARTS) is 1. The molecule has 1 aliphatic heterocycles. The van der Waals surface area contributed by atoms with E-state index in [1.54, 1.807) is 58.6 Å². The second-order valence-corrected chi connectivity index (χ2v) is 20.8. The maximum absolute atomic E-state index is 14.9. The van der Waals surface area contributed by atoms with Crippen LogP contribution in [0.4, 0.5) is 31.1 Å². The third-order valence-electron chi connectivity index (χ3n) is 13.1. The number of methoxy groups -OCH3 is 3. The molecule has 1 aliphatic rings. The Morgan fingerprint density at radius 1 is 0.655 bits per heavy atom. The molecule has 446 valence electrons. The fraction of sp³-hybridized carbons (Fsp3) is 0.305. The average Bonchev–Trinajstić information content (AvgIpc) is 2.22. The molecule has 0 aliphatic carbocycles. The molecule has 6 aromatic heterocycles. The van der Waals surface area contributed by atoms with Gasteiger partial charge in [-0.2, -0.15) is 28.5 Å². The fourth-order valence-corrected chi connectivity index (χ4v) is 8.40. The van der Waals surface area contributed by atoms with E-state index in [1.165, 1.54) is 27.4 Å². The van der Waals surface area contributed by atoms with Gasteiger partial charge in [-0.3, -0.25) is 0 Å². The second-order valence-electron chi connectivity index (χ2n) is 20.4. The van der Waals surface area contributed by atoms with E-state index in [9.17, 15) is 31.1 Å². The first-order valence-corrected chi connectivity index (χ1v) is 26.3. The van der Waals surface area contributed by atoms with Crippen molar-refractivity contribution in [2.45, 2.75) is 97.9 Å². The molecule has 1 amide bonds. The zero-order valence-corrected chi connectivity index (χ0v) is 48.7. The molecule has 1 saturated heterocycles. The summed E-state index contributed by atoms with van der Waals surface area (Å²) in [5.41, 5.74) is 11.6. The Kier molecular flexibility index (Phi) is 21.1. The number of nitrogens with one attached hydrogen (secondary N) is 1. The summed E-state index contributed by atoms with van der Waals surface area (Å²) >= 11 is 5.65. The van der Waals surface area contributed by atoms with Crippen LogP contribution in [0.5, 0.6) is 17.2 Å². The number of aliphatic carboxylic acids is 1. The topological polar surface area (TPSA) is 200 Å². The maximum atomic E-state index is 14.9. The van der Waals surface area contributed by atoms with Crippen molar-refractivity contribution >= 4 is 52.8 Å². The van der Waals surface area contributed by atoms with Gasteiger partial charge in [0.1, 0.15) is 5.60 Å². The van der Waals surface area contributed by atoms with E-state index in [2.05, 4.69) is 20.6 Å². The SMILES string of the molecule is CCc1c(-c2cc3ccccn3n2)ccc(OC)c1F.COc1ccc(-c2cc3ccccn3n2)c(CN)c1F.COc1ccc(B2OC(C)(C)C(C)(C)O2)c(CNC(=O)OC(C)(C)C)c1F.Clc1cc2ccccn2n1.O=C(O)C(F)(F)F. The summed E-state index contributed by atoms with van der Waals surface area (Å²) in [7, 11) is 3.54. The number of nitrogens with two attached hydrogens (primary N) is 1. The number of alkyl carbamates (subject to hydrolysis) is 1. The molecular formula is C59H64BClF6N8O9. The third kappa shape index (κ3) is 15.9. The quantitative estimate of drug-likeness (QED) is 0.0864. The number of hydrogen-bond donors (Lipinski definition) is 3. The van der Waals surface area contributed by atoms with Gasteiger partial charge in [0.05, 0.1) is 60.5 Å². The zero-order chi connectivity index (χ0) is 61.9. The molecule has 0 saturated carbocycles. The predicted molar refractivity (Wildman–Crippen MR) is 307 cm³/mol. The molecule has 0 unspecified atom stereocenters. The summed E-state index contributed by atoms with van der Waals surface area (Å²) in [5.74, 6) is -3.51. The van der Waals surface area contributed by atoms with Crippen molar-refractivity contribution < 1.29 is 69.3 Å². The minimum atomic E-state index is -5.08. The highest BCUT2D eigenvalue weighted by atomic mass is 35.5. The molecule has 3 aromatic carbocycles. The van der Waals surface area contributed by atoms with Crippen LogP contribution in [0, 0.1) is 17.5 Å². The minimum Gasteiger partial charge on any atom is -0.494 e. The molecule has 0 bridgehead atoms. The van der Waals surface area contributed by atoms with E-state index in [4.69, 9.17) is 55.5 Å². The van der Waals surface area contributed by atoms with Crippen molar-refractivity contribution in [2.24, 2.45) is 5.73 Å². The Hall–Kier alpha value is -8.32. The lowest BCUT2D eigenvalue weighted by Gasteiger charge is -2.32. The van der Waals surface area contributed by atoms with Crippen molar-refractivity contribution in [3.63, 3.8) is 0 Å². The van der Waals surface area contributed by atoms with Gasteiger partial charge < -0.3 is 44.4 Å². The highest BCUT2D eigenvalue weighted by Crippen LogP contribution is 2.38. The molecule has 0 radical (unpaired) electrons. The first kappa shape index (κ1) is 64.8. The van der Waals surface area contributed by atoms with Crippen molar-refractivity contribution in [1.29, 1.82) is 0 Å². The molecule has 7 heterocycles.